The monoisotopic (exact) mass is 921 g/mol. The Balaban J connectivity index is 0.908. The van der Waals surface area contributed by atoms with Crippen molar-refractivity contribution in [1.29, 1.82) is 0 Å². The number of nitrogens with zero attached hydrogens (tertiary/aromatic N) is 7. The van der Waals surface area contributed by atoms with E-state index in [0.29, 0.717) is 49.0 Å². The summed E-state index contributed by atoms with van der Waals surface area (Å²) in [5, 5.41) is 30.1. The van der Waals surface area contributed by atoms with Crippen LogP contribution >= 0.6 is 11.3 Å². The lowest BCUT2D eigenvalue weighted by molar-refractivity contribution is -0.141. The number of likely N-dealkylation sites (tertiary alicyclic amines) is 1. The van der Waals surface area contributed by atoms with E-state index in [1.54, 1.807) is 34.4 Å². The number of aromatic nitrogens is 4. The molecule has 0 radical (unpaired) electrons. The topological polar surface area (TPSA) is 171 Å². The van der Waals surface area contributed by atoms with Gasteiger partial charge in [-0.15, -0.1) is 21.5 Å². The number of para-hydroxylation sites is 1. The van der Waals surface area contributed by atoms with Gasteiger partial charge in [0, 0.05) is 57.3 Å². The molecule has 0 spiro atoms. The quantitative estimate of drug-likeness (QED) is 0.0921. The van der Waals surface area contributed by atoms with Crippen molar-refractivity contribution in [2.75, 3.05) is 56.1 Å². The van der Waals surface area contributed by atoms with Crippen LogP contribution in [0, 0.1) is 12.8 Å². The Morgan fingerprint density at radius 1 is 1.05 bits per heavy atom. The number of hydrogen-bond acceptors (Lipinski definition) is 14. The van der Waals surface area contributed by atoms with Crippen LogP contribution in [0.5, 0.6) is 11.6 Å². The number of carbonyl (C=O) groups excluding carboxylic acids is 2. The molecule has 2 saturated heterocycles. The largest absolute Gasteiger partial charge is 0.507 e. The second kappa shape index (κ2) is 18.9. The van der Waals surface area contributed by atoms with Crippen molar-refractivity contribution < 1.29 is 28.4 Å². The molecule has 2 aromatic carbocycles. The number of thiazole rings is 1. The third-order valence-corrected chi connectivity index (χ3v) is 19.1. The maximum Gasteiger partial charge on any atom is 0.254 e. The molecule has 2 amide bonds. The molecule has 17 heteroatoms. The highest BCUT2D eigenvalue weighted by Crippen LogP contribution is 2.41. The Morgan fingerprint density at radius 3 is 2.52 bits per heavy atom. The van der Waals surface area contributed by atoms with Crippen molar-refractivity contribution in [2.45, 2.75) is 103 Å². The molecule has 8 rings (SSSR count). The molecule has 3 aromatic heterocycles. The van der Waals surface area contributed by atoms with Crippen molar-refractivity contribution in [3.63, 3.8) is 0 Å². The van der Waals surface area contributed by atoms with E-state index in [1.165, 1.54) is 0 Å². The summed E-state index contributed by atoms with van der Waals surface area (Å²) >= 11 is 1.61. The van der Waals surface area contributed by atoms with Crippen molar-refractivity contribution in [1.82, 2.24) is 35.5 Å². The van der Waals surface area contributed by atoms with Crippen LogP contribution in [0.25, 0.3) is 21.7 Å². The number of rotatable bonds is 14. The van der Waals surface area contributed by atoms with Gasteiger partial charge in [0.1, 0.15) is 24.3 Å². The molecule has 0 aliphatic carbocycles. The summed E-state index contributed by atoms with van der Waals surface area (Å²) in [6, 6.07) is 18.3. The molecular weight excluding hydrogens is 859 g/mol. The fourth-order valence-electron chi connectivity index (χ4n) is 8.92. The summed E-state index contributed by atoms with van der Waals surface area (Å²) in [5.41, 5.74) is 7.16. The Labute approximate surface area is 387 Å². The van der Waals surface area contributed by atoms with Crippen LogP contribution in [0.2, 0.25) is 18.1 Å². The molecule has 15 nitrogen and oxygen atoms in total. The number of aryl methyl sites for hydroxylation is 1. The number of phenolic OH excluding ortho intramolecular Hbond substituents is 1. The first kappa shape index (κ1) is 46.2. The van der Waals surface area contributed by atoms with Gasteiger partial charge in [0.2, 0.25) is 11.8 Å². The van der Waals surface area contributed by atoms with Crippen molar-refractivity contribution >= 4 is 43.0 Å². The second-order valence-corrected chi connectivity index (χ2v) is 25.1. The average Bonchev–Trinajstić information content (AvgIpc) is 4.03. The van der Waals surface area contributed by atoms with Gasteiger partial charge in [0.05, 0.1) is 45.7 Å². The van der Waals surface area contributed by atoms with E-state index in [4.69, 9.17) is 13.7 Å². The first-order valence-electron chi connectivity index (χ1n) is 22.7. The van der Waals surface area contributed by atoms with Gasteiger partial charge in [-0.2, -0.15) is 0 Å². The number of benzene rings is 2. The van der Waals surface area contributed by atoms with E-state index in [-0.39, 0.29) is 46.7 Å². The summed E-state index contributed by atoms with van der Waals surface area (Å²) in [6.45, 7) is 23.5. The second-order valence-electron chi connectivity index (χ2n) is 19.5. The standard InChI is InChI=1S/C48H63N9O6SSi/c1-29(2)43(41-24-42(54-62-41)61-21-20-55-18-19-56-34(26-55)25-49-45-38(56)23-37(52-53-45)36-12-10-11-13-40(36)58)47(60)57-27-35(63-65(8,9)48(5,6)7)22-39(57)46(59)51-30(3)32-14-16-33(17-15-32)44-31(4)50-28-64-44/h10-17,23-24,28-30,34-35,39,43,58H,18-22,25-27H2,1-9H3,(H,49,53)(H,51,59)/t30?,34?,35-,39+,43?/m1/s1. The first-order chi connectivity index (χ1) is 31.0. The van der Waals surface area contributed by atoms with E-state index in [1.807, 2.05) is 63.5 Å². The van der Waals surface area contributed by atoms with Crippen LogP contribution in [0.4, 0.5) is 11.5 Å². The third kappa shape index (κ3) is 9.93. The van der Waals surface area contributed by atoms with Gasteiger partial charge in [-0.25, -0.2) is 4.98 Å². The van der Waals surface area contributed by atoms with Crippen molar-refractivity contribution in [2.24, 2.45) is 5.92 Å². The number of amides is 2. The zero-order valence-corrected chi connectivity index (χ0v) is 40.8. The maximum absolute atomic E-state index is 14.8. The number of hydrogen-bond donors (Lipinski definition) is 3. The highest BCUT2D eigenvalue weighted by Gasteiger charge is 2.48. The molecule has 5 atom stereocenters. The molecular formula is C48H63N9O6SSi. The van der Waals surface area contributed by atoms with Gasteiger partial charge >= 0.3 is 0 Å². The molecule has 0 bridgehead atoms. The van der Waals surface area contributed by atoms with E-state index < -0.39 is 20.3 Å². The average molecular weight is 922 g/mol. The van der Waals surface area contributed by atoms with E-state index in [0.717, 1.165) is 59.4 Å². The Bertz CT molecular complexity index is 2470. The highest BCUT2D eigenvalue weighted by atomic mass is 32.1. The number of anilines is 2. The predicted molar refractivity (Wildman–Crippen MR) is 256 cm³/mol. The number of piperazine rings is 1. The summed E-state index contributed by atoms with van der Waals surface area (Å²) in [4.78, 5) is 41.1. The molecule has 65 heavy (non-hydrogen) atoms. The highest BCUT2D eigenvalue weighted by molar-refractivity contribution is 7.13. The summed E-state index contributed by atoms with van der Waals surface area (Å²) in [5.74, 6) is 0.398. The van der Waals surface area contributed by atoms with Gasteiger partial charge in [0.15, 0.2) is 19.9 Å². The Morgan fingerprint density at radius 2 is 1.82 bits per heavy atom. The third-order valence-electron chi connectivity index (χ3n) is 13.6. The summed E-state index contributed by atoms with van der Waals surface area (Å²) in [6.07, 6.45) is 0.117. The van der Waals surface area contributed by atoms with Gasteiger partial charge in [-0.3, -0.25) is 14.5 Å². The predicted octanol–water partition coefficient (Wildman–Crippen LogP) is 7.87. The van der Waals surface area contributed by atoms with Crippen LogP contribution < -0.4 is 20.3 Å². The number of nitrogens with one attached hydrogen (secondary N) is 2. The summed E-state index contributed by atoms with van der Waals surface area (Å²) < 4.78 is 18.9. The molecule has 6 heterocycles. The minimum atomic E-state index is -2.23. The smallest absolute Gasteiger partial charge is 0.254 e. The van der Waals surface area contributed by atoms with E-state index in [9.17, 15) is 14.7 Å². The fraction of sp³-hybridized carbons (Fsp3) is 0.500. The first-order valence-corrected chi connectivity index (χ1v) is 26.5. The van der Waals surface area contributed by atoms with Gasteiger partial charge in [-0.1, -0.05) is 71.0 Å². The minimum Gasteiger partial charge on any atom is -0.507 e. The normalized spacial score (nSPS) is 19.9. The Hall–Kier alpha value is -5.36. The lowest BCUT2D eigenvalue weighted by Gasteiger charge is -2.45. The SMILES string of the molecule is Cc1ncsc1-c1ccc(C(C)NC(=O)[C@@H]2C[C@@H](O[Si](C)(C)C(C)(C)C)CN2C(=O)C(c2cc(OCCN3CCN4c5cc(-c6ccccc6O)nnc5NCC4C3)no2)C(C)C)cc1. The molecule has 3 unspecified atom stereocenters. The van der Waals surface area contributed by atoms with Gasteiger partial charge < -0.3 is 39.2 Å². The minimum absolute atomic E-state index is 0.0416. The number of aromatic hydroxyl groups is 1. The summed E-state index contributed by atoms with van der Waals surface area (Å²) in [7, 11) is -2.23. The molecule has 3 N–H and O–H groups in total. The fourth-order valence-corrected chi connectivity index (χ4v) is 11.1. The molecule has 3 aliphatic rings. The van der Waals surface area contributed by atoms with Crippen LogP contribution in [-0.4, -0.2) is 119 Å². The van der Waals surface area contributed by atoms with Crippen LogP contribution in [0.1, 0.15) is 76.9 Å². The Kier molecular flexibility index (Phi) is 13.4. The number of phenols is 1. The van der Waals surface area contributed by atoms with Gasteiger partial charge in [-0.05, 0) is 72.4 Å². The van der Waals surface area contributed by atoms with Crippen LogP contribution in [-0.2, 0) is 14.0 Å². The van der Waals surface area contributed by atoms with Crippen molar-refractivity contribution in [3.05, 3.63) is 83.2 Å². The molecule has 346 valence electrons. The molecule has 5 aromatic rings. The van der Waals surface area contributed by atoms with Gasteiger partial charge in [0.25, 0.3) is 5.88 Å². The van der Waals surface area contributed by atoms with Crippen molar-refractivity contribution in [3.8, 4) is 33.3 Å². The maximum atomic E-state index is 14.8. The number of carbonyl (C=O) groups is 2. The molecule has 3 aliphatic heterocycles. The lowest BCUT2D eigenvalue weighted by Crippen LogP contribution is -2.58. The van der Waals surface area contributed by atoms with E-state index >= 15 is 0 Å². The molecule has 0 saturated carbocycles. The van der Waals surface area contributed by atoms with Crippen LogP contribution in [0.15, 0.2) is 70.7 Å². The zero-order valence-electron chi connectivity index (χ0n) is 39.0. The number of fused-ring (bicyclic) bond motifs is 3. The van der Waals surface area contributed by atoms with E-state index in [2.05, 4.69) is 86.8 Å². The number of ether oxygens (including phenoxy) is 1. The zero-order chi connectivity index (χ0) is 46.2. The lowest BCUT2D eigenvalue weighted by atomic mass is 9.91. The van der Waals surface area contributed by atoms with Crippen LogP contribution in [0.3, 0.4) is 0 Å². The molecule has 2 fully saturated rings.